The first-order chi connectivity index (χ1) is 7.37. The van der Waals surface area contributed by atoms with Crippen molar-refractivity contribution in [3.8, 4) is 0 Å². The predicted molar refractivity (Wildman–Crippen MR) is 64.5 cm³/mol. The van der Waals surface area contributed by atoms with E-state index in [0.717, 1.165) is 6.61 Å². The highest BCUT2D eigenvalue weighted by atomic mass is 16.6. The van der Waals surface area contributed by atoms with E-state index in [1.807, 2.05) is 20.8 Å². The molecule has 0 fully saturated rings. The van der Waals surface area contributed by atoms with Crippen LogP contribution in [0, 0.1) is 11.3 Å². The Hall–Kier alpha value is -0.770. The summed E-state index contributed by atoms with van der Waals surface area (Å²) in [6, 6.07) is 0. The summed E-state index contributed by atoms with van der Waals surface area (Å²) >= 11 is 0. The first-order valence-electron chi connectivity index (χ1n) is 5.85. The van der Waals surface area contributed by atoms with Crippen LogP contribution in [0.2, 0.25) is 0 Å². The van der Waals surface area contributed by atoms with E-state index >= 15 is 0 Å². The molecule has 0 aromatic heterocycles. The van der Waals surface area contributed by atoms with Gasteiger partial charge in [-0.3, -0.25) is 0 Å². The standard InChI is InChI=1S/C12H25NO3/c1-6-13-11(14)16-9-12(4,5)8-15-7-10(2)3/h10H,6-9H2,1-5H3,(H,13,14). The largest absolute Gasteiger partial charge is 0.449 e. The number of carbonyl (C=O) groups excluding carboxylic acids is 1. The summed E-state index contributed by atoms with van der Waals surface area (Å²) in [6.45, 7) is 12.4. The molecule has 0 aliphatic rings. The van der Waals surface area contributed by atoms with Crippen LogP contribution in [0.4, 0.5) is 4.79 Å². The monoisotopic (exact) mass is 231 g/mol. The molecule has 0 bridgehead atoms. The average Bonchev–Trinajstić information content (AvgIpc) is 2.14. The van der Waals surface area contributed by atoms with Crippen LogP contribution < -0.4 is 5.32 Å². The van der Waals surface area contributed by atoms with Crippen LogP contribution in [0.25, 0.3) is 0 Å². The van der Waals surface area contributed by atoms with Crippen molar-refractivity contribution < 1.29 is 14.3 Å². The van der Waals surface area contributed by atoms with Crippen molar-refractivity contribution in [2.45, 2.75) is 34.6 Å². The summed E-state index contributed by atoms with van der Waals surface area (Å²) in [6.07, 6.45) is -0.362. The zero-order valence-electron chi connectivity index (χ0n) is 11.1. The normalized spacial score (nSPS) is 11.6. The minimum atomic E-state index is -0.362. The van der Waals surface area contributed by atoms with Crippen molar-refractivity contribution in [1.29, 1.82) is 0 Å². The fraction of sp³-hybridized carbons (Fsp3) is 0.917. The molecule has 0 aliphatic carbocycles. The molecule has 0 saturated heterocycles. The predicted octanol–water partition coefficient (Wildman–Crippen LogP) is 2.43. The van der Waals surface area contributed by atoms with E-state index in [1.54, 1.807) is 0 Å². The molecule has 16 heavy (non-hydrogen) atoms. The smallest absolute Gasteiger partial charge is 0.407 e. The van der Waals surface area contributed by atoms with Gasteiger partial charge in [0.15, 0.2) is 0 Å². The van der Waals surface area contributed by atoms with Gasteiger partial charge >= 0.3 is 6.09 Å². The molecule has 1 N–H and O–H groups in total. The summed E-state index contributed by atoms with van der Waals surface area (Å²) in [5.41, 5.74) is -0.139. The Morgan fingerprint density at radius 1 is 1.31 bits per heavy atom. The molecular weight excluding hydrogens is 206 g/mol. The molecule has 0 rings (SSSR count). The highest BCUT2D eigenvalue weighted by Gasteiger charge is 2.20. The average molecular weight is 231 g/mol. The lowest BCUT2D eigenvalue weighted by atomic mass is 9.96. The molecule has 1 amide bonds. The van der Waals surface area contributed by atoms with Crippen molar-refractivity contribution in [3.63, 3.8) is 0 Å². The van der Waals surface area contributed by atoms with Crippen LogP contribution in [-0.2, 0) is 9.47 Å². The number of hydrogen-bond donors (Lipinski definition) is 1. The minimum Gasteiger partial charge on any atom is -0.449 e. The summed E-state index contributed by atoms with van der Waals surface area (Å²) in [4.78, 5) is 11.1. The topological polar surface area (TPSA) is 47.6 Å². The third kappa shape index (κ3) is 8.53. The third-order valence-electron chi connectivity index (χ3n) is 1.86. The second kappa shape index (κ2) is 7.49. The van der Waals surface area contributed by atoms with Gasteiger partial charge in [-0.25, -0.2) is 4.79 Å². The van der Waals surface area contributed by atoms with E-state index in [1.165, 1.54) is 0 Å². The van der Waals surface area contributed by atoms with Crippen molar-refractivity contribution >= 4 is 6.09 Å². The number of carbonyl (C=O) groups is 1. The number of ether oxygens (including phenoxy) is 2. The van der Waals surface area contributed by atoms with Gasteiger partial charge in [0.1, 0.15) is 6.61 Å². The van der Waals surface area contributed by atoms with Gasteiger partial charge in [-0.1, -0.05) is 27.7 Å². The Morgan fingerprint density at radius 3 is 2.44 bits per heavy atom. The Morgan fingerprint density at radius 2 is 1.94 bits per heavy atom. The lowest BCUT2D eigenvalue weighted by Crippen LogP contribution is -2.32. The van der Waals surface area contributed by atoms with E-state index in [0.29, 0.717) is 25.7 Å². The maximum Gasteiger partial charge on any atom is 0.407 e. The molecule has 0 spiro atoms. The maximum absolute atomic E-state index is 11.1. The van der Waals surface area contributed by atoms with Crippen molar-refractivity contribution in [2.75, 3.05) is 26.4 Å². The maximum atomic E-state index is 11.1. The Kier molecular flexibility index (Phi) is 7.13. The highest BCUT2D eigenvalue weighted by Crippen LogP contribution is 2.16. The van der Waals surface area contributed by atoms with Gasteiger partial charge < -0.3 is 14.8 Å². The molecule has 96 valence electrons. The lowest BCUT2D eigenvalue weighted by molar-refractivity contribution is 0.0103. The lowest BCUT2D eigenvalue weighted by Gasteiger charge is -2.24. The number of nitrogens with one attached hydrogen (secondary N) is 1. The van der Waals surface area contributed by atoms with Gasteiger partial charge in [-0.15, -0.1) is 0 Å². The van der Waals surface area contributed by atoms with Gasteiger partial charge in [0.2, 0.25) is 0 Å². The first kappa shape index (κ1) is 15.2. The Bertz CT molecular complexity index is 202. The molecule has 0 aromatic rings. The van der Waals surface area contributed by atoms with E-state index in [-0.39, 0.29) is 11.5 Å². The number of hydrogen-bond acceptors (Lipinski definition) is 3. The molecular formula is C12H25NO3. The van der Waals surface area contributed by atoms with Gasteiger partial charge in [-0.05, 0) is 12.8 Å². The SMILES string of the molecule is CCNC(=O)OCC(C)(C)COCC(C)C. The number of rotatable bonds is 7. The molecule has 4 heteroatoms. The fourth-order valence-corrected chi connectivity index (χ4v) is 1.07. The van der Waals surface area contributed by atoms with Gasteiger partial charge in [0, 0.05) is 18.6 Å². The number of alkyl carbamates (subject to hydrolysis) is 1. The summed E-state index contributed by atoms with van der Waals surface area (Å²) < 4.78 is 10.6. The van der Waals surface area contributed by atoms with Gasteiger partial charge in [0.25, 0.3) is 0 Å². The molecule has 0 saturated carbocycles. The van der Waals surface area contributed by atoms with Crippen LogP contribution in [0.5, 0.6) is 0 Å². The molecule has 0 aliphatic heterocycles. The van der Waals surface area contributed by atoms with Gasteiger partial charge in [-0.2, -0.15) is 0 Å². The van der Waals surface area contributed by atoms with E-state index in [9.17, 15) is 4.79 Å². The Balaban J connectivity index is 3.73. The first-order valence-corrected chi connectivity index (χ1v) is 5.85. The highest BCUT2D eigenvalue weighted by molar-refractivity contribution is 5.66. The van der Waals surface area contributed by atoms with Crippen LogP contribution >= 0.6 is 0 Å². The summed E-state index contributed by atoms with van der Waals surface area (Å²) in [5, 5.41) is 2.59. The zero-order valence-corrected chi connectivity index (χ0v) is 11.1. The van der Waals surface area contributed by atoms with Crippen LogP contribution in [0.1, 0.15) is 34.6 Å². The molecule has 0 heterocycles. The van der Waals surface area contributed by atoms with Crippen molar-refractivity contribution in [1.82, 2.24) is 5.32 Å². The second-order valence-electron chi connectivity index (χ2n) is 5.18. The van der Waals surface area contributed by atoms with Crippen LogP contribution in [0.3, 0.4) is 0 Å². The van der Waals surface area contributed by atoms with Crippen molar-refractivity contribution in [3.05, 3.63) is 0 Å². The number of amides is 1. The van der Waals surface area contributed by atoms with Crippen LogP contribution in [-0.4, -0.2) is 32.5 Å². The van der Waals surface area contributed by atoms with E-state index in [4.69, 9.17) is 9.47 Å². The van der Waals surface area contributed by atoms with Gasteiger partial charge in [0.05, 0.1) is 6.61 Å². The quantitative estimate of drug-likeness (QED) is 0.732. The molecule has 0 unspecified atom stereocenters. The third-order valence-corrected chi connectivity index (χ3v) is 1.86. The van der Waals surface area contributed by atoms with Crippen molar-refractivity contribution in [2.24, 2.45) is 11.3 Å². The second-order valence-corrected chi connectivity index (χ2v) is 5.18. The Labute approximate surface area is 98.7 Å². The van der Waals surface area contributed by atoms with E-state index in [2.05, 4.69) is 19.2 Å². The van der Waals surface area contributed by atoms with E-state index < -0.39 is 0 Å². The summed E-state index contributed by atoms with van der Waals surface area (Å²) in [7, 11) is 0. The van der Waals surface area contributed by atoms with Crippen LogP contribution in [0.15, 0.2) is 0 Å². The zero-order chi connectivity index (χ0) is 12.6. The molecule has 0 aromatic carbocycles. The minimum absolute atomic E-state index is 0.139. The molecule has 4 nitrogen and oxygen atoms in total. The molecule has 0 radical (unpaired) electrons. The molecule has 0 atom stereocenters. The summed E-state index contributed by atoms with van der Waals surface area (Å²) in [5.74, 6) is 0.528. The fourth-order valence-electron chi connectivity index (χ4n) is 1.07.